The summed E-state index contributed by atoms with van der Waals surface area (Å²) in [6.45, 7) is 2.93. The molecule has 1 heterocycles. The predicted octanol–water partition coefficient (Wildman–Crippen LogP) is 1.93. The van der Waals surface area contributed by atoms with E-state index in [4.69, 9.17) is 9.47 Å². The normalized spacial score (nSPS) is 18.9. The van der Waals surface area contributed by atoms with Gasteiger partial charge in [-0.3, -0.25) is 0 Å². The molecule has 1 N–H and O–H groups in total. The topological polar surface area (TPSA) is 38.7 Å². The molecule has 0 radical (unpaired) electrons. The molecular weight excluding hydrogens is 211 g/mol. The molecule has 4 heteroatoms. The van der Waals surface area contributed by atoms with E-state index in [1.165, 1.54) is 6.07 Å². The molecule has 1 unspecified atom stereocenters. The Balaban J connectivity index is 2.07. The van der Waals surface area contributed by atoms with Crippen molar-refractivity contribution in [3.8, 4) is 0 Å². The van der Waals surface area contributed by atoms with Crippen LogP contribution in [0.1, 0.15) is 23.7 Å². The molecule has 1 aromatic rings. The van der Waals surface area contributed by atoms with Gasteiger partial charge in [0.25, 0.3) is 0 Å². The number of aliphatic hydroxyl groups is 1. The third-order valence-electron chi connectivity index (χ3n) is 2.62. The molecular formula is C12H15FO3. The molecule has 2 rings (SSSR count). The van der Waals surface area contributed by atoms with Gasteiger partial charge in [-0.25, -0.2) is 4.39 Å². The Morgan fingerprint density at radius 1 is 1.44 bits per heavy atom. The van der Waals surface area contributed by atoms with Gasteiger partial charge in [0.15, 0.2) is 6.29 Å². The van der Waals surface area contributed by atoms with E-state index in [1.807, 2.05) is 6.92 Å². The van der Waals surface area contributed by atoms with Crippen LogP contribution >= 0.6 is 0 Å². The highest BCUT2D eigenvalue weighted by molar-refractivity contribution is 5.25. The van der Waals surface area contributed by atoms with Crippen molar-refractivity contribution in [3.63, 3.8) is 0 Å². The van der Waals surface area contributed by atoms with Crippen LogP contribution in [0.4, 0.5) is 4.39 Å². The highest BCUT2D eigenvalue weighted by atomic mass is 19.1. The first-order valence-corrected chi connectivity index (χ1v) is 5.34. The number of hydrogen-bond donors (Lipinski definition) is 1. The number of rotatable bonds is 3. The third kappa shape index (κ3) is 2.58. The van der Waals surface area contributed by atoms with Gasteiger partial charge >= 0.3 is 0 Å². The first-order chi connectivity index (χ1) is 7.66. The van der Waals surface area contributed by atoms with Gasteiger partial charge in [-0.2, -0.15) is 0 Å². The average Bonchev–Trinajstić information content (AvgIpc) is 2.74. The van der Waals surface area contributed by atoms with Crippen molar-refractivity contribution in [2.45, 2.75) is 25.7 Å². The SMILES string of the molecule is Cc1ccc(F)c(C(O)CC2OCCO2)c1. The van der Waals surface area contributed by atoms with Gasteiger partial charge in [0.05, 0.1) is 19.3 Å². The van der Waals surface area contributed by atoms with Crippen LogP contribution in [-0.2, 0) is 9.47 Å². The summed E-state index contributed by atoms with van der Waals surface area (Å²) in [6.07, 6.45) is -1.04. The van der Waals surface area contributed by atoms with Crippen LogP contribution in [-0.4, -0.2) is 24.6 Å². The van der Waals surface area contributed by atoms with E-state index in [0.717, 1.165) is 5.56 Å². The van der Waals surface area contributed by atoms with Crippen LogP contribution in [0.25, 0.3) is 0 Å². The number of benzene rings is 1. The molecule has 0 aliphatic carbocycles. The summed E-state index contributed by atoms with van der Waals surface area (Å²) in [5.41, 5.74) is 1.22. The van der Waals surface area contributed by atoms with Crippen molar-refractivity contribution in [2.75, 3.05) is 13.2 Å². The fraction of sp³-hybridized carbons (Fsp3) is 0.500. The van der Waals surface area contributed by atoms with E-state index >= 15 is 0 Å². The van der Waals surface area contributed by atoms with E-state index in [1.54, 1.807) is 12.1 Å². The van der Waals surface area contributed by atoms with Gasteiger partial charge in [-0.1, -0.05) is 17.7 Å². The summed E-state index contributed by atoms with van der Waals surface area (Å²) in [5, 5.41) is 9.89. The molecule has 16 heavy (non-hydrogen) atoms. The molecule has 0 aromatic heterocycles. The molecule has 0 bridgehead atoms. The fourth-order valence-corrected chi connectivity index (χ4v) is 1.77. The largest absolute Gasteiger partial charge is 0.388 e. The predicted molar refractivity (Wildman–Crippen MR) is 56.4 cm³/mol. The number of ether oxygens (including phenoxy) is 2. The van der Waals surface area contributed by atoms with Crippen molar-refractivity contribution in [1.29, 1.82) is 0 Å². The Labute approximate surface area is 93.8 Å². The van der Waals surface area contributed by atoms with Crippen LogP contribution in [0.5, 0.6) is 0 Å². The maximum Gasteiger partial charge on any atom is 0.160 e. The van der Waals surface area contributed by atoms with E-state index in [9.17, 15) is 9.50 Å². The molecule has 0 saturated carbocycles. The molecule has 1 aliphatic heterocycles. The van der Waals surface area contributed by atoms with Gasteiger partial charge in [0, 0.05) is 12.0 Å². The lowest BCUT2D eigenvalue weighted by Gasteiger charge is -2.16. The zero-order valence-corrected chi connectivity index (χ0v) is 9.15. The second kappa shape index (κ2) is 4.91. The molecule has 1 fully saturated rings. The number of aryl methyl sites for hydroxylation is 1. The minimum atomic E-state index is -0.886. The number of aliphatic hydroxyl groups excluding tert-OH is 1. The van der Waals surface area contributed by atoms with Crippen LogP contribution < -0.4 is 0 Å². The maximum absolute atomic E-state index is 13.5. The second-order valence-electron chi connectivity index (χ2n) is 3.95. The standard InChI is InChI=1S/C12H15FO3/c1-8-2-3-10(13)9(6-8)11(14)7-12-15-4-5-16-12/h2-3,6,11-12,14H,4-5,7H2,1H3. The first kappa shape index (κ1) is 11.5. The maximum atomic E-state index is 13.5. The first-order valence-electron chi connectivity index (χ1n) is 5.34. The van der Waals surface area contributed by atoms with Crippen molar-refractivity contribution < 1.29 is 19.0 Å². The van der Waals surface area contributed by atoms with Crippen LogP contribution in [0.3, 0.4) is 0 Å². The molecule has 1 atom stereocenters. The van der Waals surface area contributed by atoms with Crippen molar-refractivity contribution in [1.82, 2.24) is 0 Å². The lowest BCUT2D eigenvalue weighted by molar-refractivity contribution is -0.0712. The highest BCUT2D eigenvalue weighted by Crippen LogP contribution is 2.25. The summed E-state index contributed by atoms with van der Waals surface area (Å²) in [5.74, 6) is -0.393. The third-order valence-corrected chi connectivity index (χ3v) is 2.62. The zero-order chi connectivity index (χ0) is 11.5. The molecule has 1 aliphatic rings. The summed E-state index contributed by atoms with van der Waals surface area (Å²) in [7, 11) is 0. The van der Waals surface area contributed by atoms with Crippen molar-refractivity contribution >= 4 is 0 Å². The Morgan fingerprint density at radius 3 is 2.81 bits per heavy atom. The molecule has 1 saturated heterocycles. The Kier molecular flexibility index (Phi) is 3.53. The lowest BCUT2D eigenvalue weighted by Crippen LogP contribution is -2.14. The average molecular weight is 226 g/mol. The quantitative estimate of drug-likeness (QED) is 0.855. The van der Waals surface area contributed by atoms with E-state index in [0.29, 0.717) is 18.8 Å². The molecule has 0 amide bonds. The minimum Gasteiger partial charge on any atom is -0.388 e. The van der Waals surface area contributed by atoms with Gasteiger partial charge in [-0.15, -0.1) is 0 Å². The molecule has 88 valence electrons. The molecule has 3 nitrogen and oxygen atoms in total. The molecule has 0 spiro atoms. The summed E-state index contributed by atoms with van der Waals surface area (Å²) in [6, 6.07) is 4.69. The summed E-state index contributed by atoms with van der Waals surface area (Å²) < 4.78 is 23.9. The fourth-order valence-electron chi connectivity index (χ4n) is 1.77. The summed E-state index contributed by atoms with van der Waals surface area (Å²) >= 11 is 0. The van der Waals surface area contributed by atoms with E-state index < -0.39 is 18.2 Å². The number of hydrogen-bond acceptors (Lipinski definition) is 3. The highest BCUT2D eigenvalue weighted by Gasteiger charge is 2.22. The minimum absolute atomic E-state index is 0.264. The van der Waals surface area contributed by atoms with Crippen molar-refractivity contribution in [3.05, 3.63) is 35.1 Å². The number of halogens is 1. The van der Waals surface area contributed by atoms with E-state index in [-0.39, 0.29) is 6.42 Å². The monoisotopic (exact) mass is 226 g/mol. The van der Waals surface area contributed by atoms with Gasteiger partial charge < -0.3 is 14.6 Å². The van der Waals surface area contributed by atoms with Crippen LogP contribution in [0, 0.1) is 12.7 Å². The van der Waals surface area contributed by atoms with Gasteiger partial charge in [0.2, 0.25) is 0 Å². The Bertz CT molecular complexity index is 361. The van der Waals surface area contributed by atoms with Gasteiger partial charge in [0.1, 0.15) is 5.82 Å². The summed E-state index contributed by atoms with van der Waals surface area (Å²) in [4.78, 5) is 0. The van der Waals surface area contributed by atoms with E-state index in [2.05, 4.69) is 0 Å². The Hall–Kier alpha value is -0.970. The smallest absolute Gasteiger partial charge is 0.160 e. The van der Waals surface area contributed by atoms with Crippen molar-refractivity contribution in [2.24, 2.45) is 0 Å². The Morgan fingerprint density at radius 2 is 2.12 bits per heavy atom. The zero-order valence-electron chi connectivity index (χ0n) is 9.15. The van der Waals surface area contributed by atoms with Crippen LogP contribution in [0.15, 0.2) is 18.2 Å². The van der Waals surface area contributed by atoms with Gasteiger partial charge in [-0.05, 0) is 13.0 Å². The lowest BCUT2D eigenvalue weighted by atomic mass is 10.0. The molecule has 1 aromatic carbocycles. The second-order valence-corrected chi connectivity index (χ2v) is 3.95. The van der Waals surface area contributed by atoms with Crippen LogP contribution in [0.2, 0.25) is 0 Å².